The zero-order valence-corrected chi connectivity index (χ0v) is 16.9. The molecule has 3 heterocycles. The minimum Gasteiger partial charge on any atom is -0.327 e. The number of amides is 2. The van der Waals surface area contributed by atoms with Gasteiger partial charge in [-0.3, -0.25) is 19.4 Å². The summed E-state index contributed by atoms with van der Waals surface area (Å²) in [4.78, 5) is 34.8. The van der Waals surface area contributed by atoms with Crippen LogP contribution in [0.4, 0.5) is 0 Å². The Kier molecular flexibility index (Phi) is 4.03. The summed E-state index contributed by atoms with van der Waals surface area (Å²) in [6.45, 7) is 3.24. The quantitative estimate of drug-likeness (QED) is 0.634. The zero-order chi connectivity index (χ0) is 20.2. The van der Waals surface area contributed by atoms with Crippen LogP contribution in [0.1, 0.15) is 51.4 Å². The minimum atomic E-state index is -0.222. The van der Waals surface area contributed by atoms with Crippen molar-refractivity contribution in [1.82, 2.24) is 19.4 Å². The third kappa shape index (κ3) is 2.70. The predicted molar refractivity (Wildman–Crippen MR) is 113 cm³/mol. The van der Waals surface area contributed by atoms with Gasteiger partial charge in [-0.1, -0.05) is 36.8 Å². The number of imidazole rings is 1. The molecule has 0 bridgehead atoms. The number of nitrogens with zero attached hydrogens (tertiary/aromatic N) is 4. The first-order valence-electron chi connectivity index (χ1n) is 10.9. The fourth-order valence-corrected chi connectivity index (χ4v) is 5.01. The molecule has 6 heteroatoms. The molecule has 6 nitrogen and oxygen atoms in total. The smallest absolute Gasteiger partial charge is 0.261 e. The average Bonchev–Trinajstić information content (AvgIpc) is 3.08. The molecule has 2 amide bonds. The van der Waals surface area contributed by atoms with Crippen LogP contribution in [-0.4, -0.2) is 50.3 Å². The molecule has 6 rings (SSSR count). The molecule has 1 fully saturated rings. The van der Waals surface area contributed by atoms with Gasteiger partial charge in [0.15, 0.2) is 0 Å². The van der Waals surface area contributed by atoms with Crippen LogP contribution in [0, 0.1) is 0 Å². The number of fused-ring (bicyclic) bond motifs is 4. The van der Waals surface area contributed by atoms with Gasteiger partial charge in [0.1, 0.15) is 5.82 Å². The van der Waals surface area contributed by atoms with Crippen molar-refractivity contribution in [3.8, 4) is 0 Å². The van der Waals surface area contributed by atoms with Gasteiger partial charge in [-0.05, 0) is 30.5 Å². The standard InChI is InChI=1S/C24H24N4O2/c29-23-18-13-20-21(14-19(18)24(30)28(23)15-16-5-2-1-3-6-16)27-12-11-26(17-7-4-8-17)10-9-22(27)25-20/h1-3,5-6,13-14,17H,4,7-12,15H2. The first-order chi connectivity index (χ1) is 14.7. The molecule has 2 aliphatic heterocycles. The van der Waals surface area contributed by atoms with Crippen LogP contribution in [-0.2, 0) is 19.5 Å². The molecule has 0 spiro atoms. The summed E-state index contributed by atoms with van der Waals surface area (Å²) in [7, 11) is 0. The maximum absolute atomic E-state index is 13.1. The third-order valence-electron chi connectivity index (χ3n) is 6.93. The van der Waals surface area contributed by atoms with E-state index in [2.05, 4.69) is 9.47 Å². The van der Waals surface area contributed by atoms with E-state index in [4.69, 9.17) is 4.98 Å². The van der Waals surface area contributed by atoms with Crippen LogP contribution in [0.15, 0.2) is 42.5 Å². The summed E-state index contributed by atoms with van der Waals surface area (Å²) in [6.07, 6.45) is 4.88. The van der Waals surface area contributed by atoms with E-state index in [1.54, 1.807) is 0 Å². The first-order valence-corrected chi connectivity index (χ1v) is 10.9. The van der Waals surface area contributed by atoms with Gasteiger partial charge in [0.2, 0.25) is 0 Å². The van der Waals surface area contributed by atoms with E-state index in [0.717, 1.165) is 54.5 Å². The van der Waals surface area contributed by atoms with E-state index < -0.39 is 0 Å². The SMILES string of the molecule is O=C1c2cc3nc4n(c3cc2C(=O)N1Cc1ccccc1)CCN(C1CCC1)CC4. The van der Waals surface area contributed by atoms with Crippen molar-refractivity contribution in [3.63, 3.8) is 0 Å². The van der Waals surface area contributed by atoms with Crippen LogP contribution in [0.2, 0.25) is 0 Å². The van der Waals surface area contributed by atoms with Gasteiger partial charge < -0.3 is 4.57 Å². The van der Waals surface area contributed by atoms with Crippen LogP contribution in [0.25, 0.3) is 11.0 Å². The number of imide groups is 1. The largest absolute Gasteiger partial charge is 0.327 e. The summed E-state index contributed by atoms with van der Waals surface area (Å²) < 4.78 is 2.26. The number of hydrogen-bond donors (Lipinski definition) is 0. The molecule has 1 aromatic heterocycles. The summed E-state index contributed by atoms with van der Waals surface area (Å²) >= 11 is 0. The van der Waals surface area contributed by atoms with Crippen molar-refractivity contribution in [2.45, 2.75) is 44.8 Å². The Hall–Kier alpha value is -2.99. The lowest BCUT2D eigenvalue weighted by Crippen LogP contribution is -2.41. The van der Waals surface area contributed by atoms with Crippen molar-refractivity contribution in [2.75, 3.05) is 13.1 Å². The van der Waals surface area contributed by atoms with Crippen molar-refractivity contribution in [1.29, 1.82) is 0 Å². The Balaban J connectivity index is 1.33. The molecule has 3 aliphatic rings. The Morgan fingerprint density at radius 2 is 1.70 bits per heavy atom. The predicted octanol–water partition coefficient (Wildman–Crippen LogP) is 3.24. The van der Waals surface area contributed by atoms with Gasteiger partial charge in [-0.25, -0.2) is 4.98 Å². The van der Waals surface area contributed by atoms with Crippen LogP contribution >= 0.6 is 0 Å². The van der Waals surface area contributed by atoms with Gasteiger partial charge in [0, 0.05) is 32.1 Å². The van der Waals surface area contributed by atoms with Crippen molar-refractivity contribution < 1.29 is 9.59 Å². The molecule has 3 aromatic rings. The van der Waals surface area contributed by atoms with Crippen molar-refractivity contribution >= 4 is 22.8 Å². The minimum absolute atomic E-state index is 0.207. The summed E-state index contributed by atoms with van der Waals surface area (Å²) in [6, 6.07) is 14.1. The molecule has 0 unspecified atom stereocenters. The lowest BCUT2D eigenvalue weighted by Gasteiger charge is -2.36. The zero-order valence-electron chi connectivity index (χ0n) is 16.9. The highest BCUT2D eigenvalue weighted by molar-refractivity contribution is 6.22. The van der Waals surface area contributed by atoms with Crippen LogP contribution in [0.5, 0.6) is 0 Å². The van der Waals surface area contributed by atoms with E-state index in [1.165, 1.54) is 24.2 Å². The number of aromatic nitrogens is 2. The van der Waals surface area contributed by atoms with Gasteiger partial charge in [-0.15, -0.1) is 0 Å². The first kappa shape index (κ1) is 17.8. The highest BCUT2D eigenvalue weighted by atomic mass is 16.2. The average molecular weight is 400 g/mol. The van der Waals surface area contributed by atoms with Gasteiger partial charge >= 0.3 is 0 Å². The fourth-order valence-electron chi connectivity index (χ4n) is 5.01. The number of carbonyl (C=O) groups is 2. The van der Waals surface area contributed by atoms with Crippen molar-refractivity contribution in [3.05, 3.63) is 65.0 Å². The van der Waals surface area contributed by atoms with E-state index in [0.29, 0.717) is 17.7 Å². The van der Waals surface area contributed by atoms with Gasteiger partial charge in [-0.2, -0.15) is 0 Å². The molecule has 2 aromatic carbocycles. The lowest BCUT2D eigenvalue weighted by atomic mass is 9.91. The highest BCUT2D eigenvalue weighted by Crippen LogP contribution is 2.31. The summed E-state index contributed by atoms with van der Waals surface area (Å²) in [5.41, 5.74) is 3.73. The van der Waals surface area contributed by atoms with E-state index in [9.17, 15) is 9.59 Å². The number of hydrogen-bond acceptors (Lipinski definition) is 4. The molecule has 30 heavy (non-hydrogen) atoms. The van der Waals surface area contributed by atoms with E-state index >= 15 is 0 Å². The second-order valence-corrected chi connectivity index (χ2v) is 8.62. The maximum atomic E-state index is 13.1. The van der Waals surface area contributed by atoms with Gasteiger partial charge in [0.05, 0.1) is 28.7 Å². The topological polar surface area (TPSA) is 58.4 Å². The van der Waals surface area contributed by atoms with Crippen LogP contribution < -0.4 is 0 Å². The molecule has 0 N–H and O–H groups in total. The Labute approximate surface area is 175 Å². The second-order valence-electron chi connectivity index (χ2n) is 8.62. The maximum Gasteiger partial charge on any atom is 0.261 e. The Bertz CT molecular complexity index is 1160. The van der Waals surface area contributed by atoms with Crippen LogP contribution in [0.3, 0.4) is 0 Å². The molecular formula is C24H24N4O2. The highest BCUT2D eigenvalue weighted by Gasteiger charge is 2.37. The van der Waals surface area contributed by atoms with Crippen molar-refractivity contribution in [2.24, 2.45) is 0 Å². The third-order valence-corrected chi connectivity index (χ3v) is 6.93. The molecule has 0 atom stereocenters. The molecule has 152 valence electrons. The van der Waals surface area contributed by atoms with E-state index in [-0.39, 0.29) is 11.8 Å². The summed E-state index contributed by atoms with van der Waals surface area (Å²) in [5, 5.41) is 0. The molecule has 1 saturated carbocycles. The number of rotatable bonds is 3. The monoisotopic (exact) mass is 400 g/mol. The second kappa shape index (κ2) is 6.77. The molecule has 0 radical (unpaired) electrons. The molecular weight excluding hydrogens is 376 g/mol. The molecule has 1 aliphatic carbocycles. The Morgan fingerprint density at radius 1 is 0.933 bits per heavy atom. The summed E-state index contributed by atoms with van der Waals surface area (Å²) in [5.74, 6) is 0.637. The molecule has 0 saturated heterocycles. The number of carbonyl (C=O) groups excluding carboxylic acids is 2. The lowest BCUT2D eigenvalue weighted by molar-refractivity contribution is 0.0642. The fraction of sp³-hybridized carbons (Fsp3) is 0.375. The number of benzene rings is 2. The Morgan fingerprint density at radius 3 is 2.43 bits per heavy atom. The normalized spacial score (nSPS) is 19.7. The van der Waals surface area contributed by atoms with Gasteiger partial charge in [0.25, 0.3) is 11.8 Å². The van der Waals surface area contributed by atoms with E-state index in [1.807, 2.05) is 42.5 Å².